The Hall–Kier alpha value is -2.18. The summed E-state index contributed by atoms with van der Waals surface area (Å²) >= 11 is 0. The van der Waals surface area contributed by atoms with Gasteiger partial charge in [0.1, 0.15) is 6.04 Å². The molecule has 0 fully saturated rings. The molecule has 2 N–H and O–H groups in total. The first-order valence-electron chi connectivity index (χ1n) is 9.06. The number of anilines is 1. The van der Waals surface area contributed by atoms with Gasteiger partial charge in [-0.05, 0) is 62.4 Å². The predicted octanol–water partition coefficient (Wildman–Crippen LogP) is 3.94. The third-order valence-electron chi connectivity index (χ3n) is 4.51. The van der Waals surface area contributed by atoms with Gasteiger partial charge in [0, 0.05) is 5.69 Å². The van der Waals surface area contributed by atoms with E-state index in [9.17, 15) is 13.2 Å². The molecule has 0 aliphatic heterocycles. The first-order valence-corrected chi connectivity index (χ1v) is 10.5. The molecular weight excluding hydrogens is 360 g/mol. The highest BCUT2D eigenvalue weighted by molar-refractivity contribution is 7.89. The van der Waals surface area contributed by atoms with Gasteiger partial charge in [0.15, 0.2) is 0 Å². The van der Waals surface area contributed by atoms with Gasteiger partial charge in [0.25, 0.3) is 0 Å². The summed E-state index contributed by atoms with van der Waals surface area (Å²) < 4.78 is 28.0. The Balaban J connectivity index is 2.25. The fourth-order valence-electron chi connectivity index (χ4n) is 2.76. The highest BCUT2D eigenvalue weighted by atomic mass is 32.2. The number of aryl methyl sites for hydroxylation is 2. The number of hydrogen-bond donors (Lipinski definition) is 2. The highest BCUT2D eigenvalue weighted by Crippen LogP contribution is 2.20. The van der Waals surface area contributed by atoms with Crippen LogP contribution in [0.3, 0.4) is 0 Å². The number of carbonyl (C=O) groups is 1. The van der Waals surface area contributed by atoms with Gasteiger partial charge in [0.2, 0.25) is 15.9 Å². The SMILES string of the molecule is Cc1ccc(S(=O)(=O)NC(CC(C)C)C(=O)Nc2cccc(C)c2C)cc1. The maximum absolute atomic E-state index is 12.8. The lowest BCUT2D eigenvalue weighted by Crippen LogP contribution is -2.44. The molecule has 0 aliphatic rings. The van der Waals surface area contributed by atoms with E-state index < -0.39 is 16.1 Å². The maximum Gasteiger partial charge on any atom is 0.242 e. The second-order valence-electron chi connectivity index (χ2n) is 7.35. The molecule has 2 aromatic carbocycles. The van der Waals surface area contributed by atoms with Gasteiger partial charge in [-0.25, -0.2) is 8.42 Å². The van der Waals surface area contributed by atoms with Crippen LogP contribution in [0.4, 0.5) is 5.69 Å². The van der Waals surface area contributed by atoms with Crippen LogP contribution in [0.25, 0.3) is 0 Å². The van der Waals surface area contributed by atoms with Gasteiger partial charge in [-0.1, -0.05) is 43.7 Å². The minimum Gasteiger partial charge on any atom is -0.324 e. The molecule has 0 heterocycles. The summed E-state index contributed by atoms with van der Waals surface area (Å²) in [5.41, 5.74) is 3.70. The molecule has 0 bridgehead atoms. The fourth-order valence-corrected chi connectivity index (χ4v) is 3.97. The van der Waals surface area contributed by atoms with Gasteiger partial charge in [0.05, 0.1) is 4.90 Å². The molecule has 0 saturated carbocycles. The van der Waals surface area contributed by atoms with Crippen LogP contribution in [-0.4, -0.2) is 20.4 Å². The maximum atomic E-state index is 12.8. The minimum atomic E-state index is -3.79. The van der Waals surface area contributed by atoms with Crippen LogP contribution in [-0.2, 0) is 14.8 Å². The predicted molar refractivity (Wildman–Crippen MR) is 109 cm³/mol. The van der Waals surface area contributed by atoms with Crippen LogP contribution >= 0.6 is 0 Å². The van der Waals surface area contributed by atoms with Crippen LogP contribution in [0.5, 0.6) is 0 Å². The van der Waals surface area contributed by atoms with Gasteiger partial charge >= 0.3 is 0 Å². The molecule has 1 atom stereocenters. The van der Waals surface area contributed by atoms with E-state index in [1.165, 1.54) is 0 Å². The number of carbonyl (C=O) groups excluding carboxylic acids is 1. The Labute approximate surface area is 162 Å². The molecule has 0 spiro atoms. The van der Waals surface area contributed by atoms with Crippen molar-refractivity contribution in [2.45, 2.75) is 52.0 Å². The average molecular weight is 389 g/mol. The fraction of sp³-hybridized carbons (Fsp3) is 0.381. The van der Waals surface area contributed by atoms with E-state index in [0.717, 1.165) is 16.7 Å². The number of nitrogens with one attached hydrogen (secondary N) is 2. The Kier molecular flexibility index (Phi) is 6.78. The van der Waals surface area contributed by atoms with Crippen molar-refractivity contribution < 1.29 is 13.2 Å². The Bertz CT molecular complexity index is 904. The monoisotopic (exact) mass is 388 g/mol. The molecule has 0 saturated heterocycles. The van der Waals surface area contributed by atoms with Gasteiger partial charge in [-0.3, -0.25) is 4.79 Å². The van der Waals surface area contributed by atoms with Crippen LogP contribution < -0.4 is 10.0 Å². The summed E-state index contributed by atoms with van der Waals surface area (Å²) in [6.07, 6.45) is 0.405. The van der Waals surface area contributed by atoms with E-state index in [0.29, 0.717) is 12.1 Å². The van der Waals surface area contributed by atoms with E-state index in [2.05, 4.69) is 10.0 Å². The van der Waals surface area contributed by atoms with Crippen molar-refractivity contribution in [3.63, 3.8) is 0 Å². The third-order valence-corrected chi connectivity index (χ3v) is 6.00. The normalized spacial score (nSPS) is 12.8. The first-order chi connectivity index (χ1) is 12.6. The summed E-state index contributed by atoms with van der Waals surface area (Å²) in [5.74, 6) is -0.201. The number of rotatable bonds is 7. The molecule has 1 unspecified atom stereocenters. The molecule has 1 amide bonds. The van der Waals surface area contributed by atoms with Crippen molar-refractivity contribution in [2.24, 2.45) is 5.92 Å². The topological polar surface area (TPSA) is 75.3 Å². The van der Waals surface area contributed by atoms with E-state index in [1.807, 2.05) is 52.8 Å². The zero-order valence-corrected chi connectivity index (χ0v) is 17.4. The number of benzene rings is 2. The summed E-state index contributed by atoms with van der Waals surface area (Å²) in [6.45, 7) is 9.70. The quantitative estimate of drug-likeness (QED) is 0.754. The molecule has 5 nitrogen and oxygen atoms in total. The van der Waals surface area contributed by atoms with Crippen molar-refractivity contribution in [2.75, 3.05) is 5.32 Å². The van der Waals surface area contributed by atoms with E-state index in [1.54, 1.807) is 24.3 Å². The lowest BCUT2D eigenvalue weighted by Gasteiger charge is -2.21. The number of hydrogen-bond acceptors (Lipinski definition) is 3. The Morgan fingerprint density at radius 2 is 1.63 bits per heavy atom. The lowest BCUT2D eigenvalue weighted by molar-refractivity contribution is -0.118. The highest BCUT2D eigenvalue weighted by Gasteiger charge is 2.27. The summed E-state index contributed by atoms with van der Waals surface area (Å²) in [7, 11) is -3.79. The van der Waals surface area contributed by atoms with E-state index in [4.69, 9.17) is 0 Å². The Morgan fingerprint density at radius 3 is 2.22 bits per heavy atom. The molecule has 146 valence electrons. The van der Waals surface area contributed by atoms with Crippen molar-refractivity contribution in [3.05, 3.63) is 59.2 Å². The molecule has 0 aliphatic carbocycles. The van der Waals surface area contributed by atoms with E-state index >= 15 is 0 Å². The van der Waals surface area contributed by atoms with Crippen LogP contribution in [0.1, 0.15) is 37.0 Å². The van der Waals surface area contributed by atoms with Gasteiger partial charge in [-0.2, -0.15) is 4.72 Å². The average Bonchev–Trinajstić information content (AvgIpc) is 2.58. The molecule has 0 radical (unpaired) electrons. The smallest absolute Gasteiger partial charge is 0.242 e. The molecule has 2 rings (SSSR count). The summed E-state index contributed by atoms with van der Waals surface area (Å²) in [5, 5.41) is 2.87. The molecule has 0 aromatic heterocycles. The summed E-state index contributed by atoms with van der Waals surface area (Å²) in [6, 6.07) is 11.4. The van der Waals surface area contributed by atoms with Crippen molar-refractivity contribution in [1.82, 2.24) is 4.72 Å². The standard InChI is InChI=1S/C21H28N2O3S/c1-14(2)13-20(21(24)22-19-8-6-7-16(4)17(19)5)23-27(25,26)18-11-9-15(3)10-12-18/h6-12,14,20,23H,13H2,1-5H3,(H,22,24). The van der Waals surface area contributed by atoms with Gasteiger partial charge in [-0.15, -0.1) is 0 Å². The van der Waals surface area contributed by atoms with Crippen LogP contribution in [0, 0.1) is 26.7 Å². The first kappa shape index (κ1) is 21.1. The molecule has 2 aromatic rings. The summed E-state index contributed by atoms with van der Waals surface area (Å²) in [4.78, 5) is 13.0. The van der Waals surface area contributed by atoms with Crippen molar-refractivity contribution in [3.8, 4) is 0 Å². The molecule has 6 heteroatoms. The number of amides is 1. The largest absolute Gasteiger partial charge is 0.324 e. The van der Waals surface area contributed by atoms with Crippen molar-refractivity contribution in [1.29, 1.82) is 0 Å². The third kappa shape index (κ3) is 5.65. The van der Waals surface area contributed by atoms with Gasteiger partial charge < -0.3 is 5.32 Å². The second kappa shape index (κ2) is 8.67. The minimum absolute atomic E-state index is 0.153. The van der Waals surface area contributed by atoms with E-state index in [-0.39, 0.29) is 16.7 Å². The number of sulfonamides is 1. The van der Waals surface area contributed by atoms with Crippen LogP contribution in [0.15, 0.2) is 47.4 Å². The zero-order valence-electron chi connectivity index (χ0n) is 16.5. The molecular formula is C21H28N2O3S. The lowest BCUT2D eigenvalue weighted by atomic mass is 10.0. The second-order valence-corrected chi connectivity index (χ2v) is 9.07. The van der Waals surface area contributed by atoms with Crippen molar-refractivity contribution >= 4 is 21.6 Å². The Morgan fingerprint density at radius 1 is 1.00 bits per heavy atom. The zero-order chi connectivity index (χ0) is 20.2. The molecule has 27 heavy (non-hydrogen) atoms. The van der Waals surface area contributed by atoms with Crippen LogP contribution in [0.2, 0.25) is 0 Å².